The Morgan fingerprint density at radius 3 is 1.23 bits per heavy atom. The van der Waals surface area contributed by atoms with Gasteiger partial charge in [0.25, 0.3) is 0 Å². The highest BCUT2D eigenvalue weighted by Crippen LogP contribution is 2.56. The summed E-state index contributed by atoms with van der Waals surface area (Å²) in [6.45, 7) is 0. The molecule has 6 atom stereocenters. The van der Waals surface area contributed by atoms with Gasteiger partial charge in [0.1, 0.15) is 12.1 Å². The van der Waals surface area contributed by atoms with Crippen molar-refractivity contribution in [1.29, 1.82) is 0 Å². The average molecular weight is 402 g/mol. The van der Waals surface area contributed by atoms with Crippen LogP contribution in [0.25, 0.3) is 0 Å². The summed E-state index contributed by atoms with van der Waals surface area (Å²) in [7, 11) is 0. The van der Waals surface area contributed by atoms with Crippen LogP contribution >= 0.6 is 0 Å². The Morgan fingerprint density at radius 1 is 0.500 bits per heavy atom. The molecule has 8 nitrogen and oxygen atoms in total. The van der Waals surface area contributed by atoms with Gasteiger partial charge in [-0.15, -0.1) is 0 Å². The maximum absolute atomic E-state index is 12.9. The number of nitrogens with one attached hydrogen (secondary N) is 2. The van der Waals surface area contributed by atoms with Crippen molar-refractivity contribution in [3.8, 4) is 0 Å². The topological polar surface area (TPSA) is 98.8 Å². The third-order valence-electron chi connectivity index (χ3n) is 6.69. The Labute approximate surface area is 171 Å². The van der Waals surface area contributed by atoms with Gasteiger partial charge in [0.2, 0.25) is 23.6 Å². The first-order chi connectivity index (χ1) is 14.6. The molecule has 8 heteroatoms. The quantitative estimate of drug-likeness (QED) is 0.701. The molecule has 2 aromatic rings. The maximum Gasteiger partial charge on any atom is 0.246 e. The molecule has 0 bridgehead atoms. The molecule has 150 valence electrons. The number of benzene rings is 2. The SMILES string of the molecule is O=C1NC(=O)[C@@H]2[C@H]1[C@@H](c1ccccc1)N1[C@H]3C(=O)NC(=O)[C@H]3[C@@H](c3ccccc3)N21. The summed E-state index contributed by atoms with van der Waals surface area (Å²) < 4.78 is 0. The standard InChI is InChI=1S/C22H18N4O4/c27-19-13-15(11-7-3-1-4-8-11)25-18-14(20(28)24-22(18)30)16(12-9-5-2-6-10-12)26(25)17(13)21(29)23-19/h1-10,13-18H,(H,23,27,29)(H,24,28,30)/t13-,14+,15-,16-,17+,18-/m1/s1. The molecule has 2 aromatic carbocycles. The number of carbonyl (C=O) groups excluding carboxylic acids is 4. The monoisotopic (exact) mass is 402 g/mol. The normalized spacial score (nSPS) is 35.2. The Morgan fingerprint density at radius 2 is 0.867 bits per heavy atom. The number of rotatable bonds is 2. The summed E-state index contributed by atoms with van der Waals surface area (Å²) in [6, 6.07) is 16.2. The minimum absolute atomic E-state index is 0.346. The summed E-state index contributed by atoms with van der Waals surface area (Å²) in [6.07, 6.45) is 0. The predicted octanol–water partition coefficient (Wildman–Crippen LogP) is 0.298. The molecule has 4 saturated heterocycles. The number of carbonyl (C=O) groups is 4. The van der Waals surface area contributed by atoms with Crippen LogP contribution in [0.3, 0.4) is 0 Å². The van der Waals surface area contributed by atoms with Gasteiger partial charge in [0.05, 0.1) is 23.9 Å². The fourth-order valence-corrected chi connectivity index (χ4v) is 5.64. The molecular weight excluding hydrogens is 384 g/mol. The van der Waals surface area contributed by atoms with E-state index < -0.39 is 36.0 Å². The van der Waals surface area contributed by atoms with E-state index in [2.05, 4.69) is 10.6 Å². The Bertz CT molecular complexity index is 1000. The zero-order chi connectivity index (χ0) is 20.6. The summed E-state index contributed by atoms with van der Waals surface area (Å²) in [5.41, 5.74) is 1.67. The third kappa shape index (κ3) is 2.12. The number of nitrogens with zero attached hydrogens (tertiary/aromatic N) is 2. The highest BCUT2D eigenvalue weighted by molar-refractivity contribution is 6.10. The molecule has 0 unspecified atom stereocenters. The lowest BCUT2D eigenvalue weighted by atomic mass is 9.84. The fraction of sp³-hybridized carbons (Fsp3) is 0.273. The average Bonchev–Trinajstić information content (AvgIpc) is 3.43. The largest absolute Gasteiger partial charge is 0.295 e. The first-order valence-electron chi connectivity index (χ1n) is 9.94. The lowest BCUT2D eigenvalue weighted by Gasteiger charge is -2.33. The van der Waals surface area contributed by atoms with Gasteiger partial charge in [-0.3, -0.25) is 29.8 Å². The summed E-state index contributed by atoms with van der Waals surface area (Å²) in [4.78, 5) is 51.3. The van der Waals surface area contributed by atoms with Crippen molar-refractivity contribution in [3.63, 3.8) is 0 Å². The maximum atomic E-state index is 12.9. The van der Waals surface area contributed by atoms with E-state index in [1.165, 1.54) is 0 Å². The molecular formula is C22H18N4O4. The van der Waals surface area contributed by atoms with Gasteiger partial charge < -0.3 is 0 Å². The van der Waals surface area contributed by atoms with Gasteiger partial charge in [-0.25, -0.2) is 10.0 Å². The van der Waals surface area contributed by atoms with Crippen molar-refractivity contribution in [2.24, 2.45) is 11.8 Å². The van der Waals surface area contributed by atoms with Crippen molar-refractivity contribution >= 4 is 23.6 Å². The molecule has 2 N–H and O–H groups in total. The van der Waals surface area contributed by atoms with E-state index in [0.717, 1.165) is 11.1 Å². The van der Waals surface area contributed by atoms with Gasteiger partial charge in [-0.05, 0) is 11.1 Å². The van der Waals surface area contributed by atoms with Crippen molar-refractivity contribution in [2.45, 2.75) is 24.2 Å². The number of hydrogen-bond acceptors (Lipinski definition) is 6. The van der Waals surface area contributed by atoms with Crippen LogP contribution in [0.5, 0.6) is 0 Å². The molecule has 30 heavy (non-hydrogen) atoms. The van der Waals surface area contributed by atoms with E-state index in [-0.39, 0.29) is 23.6 Å². The van der Waals surface area contributed by atoms with Gasteiger partial charge in [-0.2, -0.15) is 0 Å². The van der Waals surface area contributed by atoms with E-state index in [0.29, 0.717) is 0 Å². The zero-order valence-corrected chi connectivity index (χ0v) is 15.8. The third-order valence-corrected chi connectivity index (χ3v) is 6.69. The van der Waals surface area contributed by atoms with Crippen LogP contribution in [-0.4, -0.2) is 45.7 Å². The van der Waals surface area contributed by atoms with Gasteiger partial charge in [0.15, 0.2) is 0 Å². The van der Waals surface area contributed by atoms with Crippen LogP contribution in [0.2, 0.25) is 0 Å². The summed E-state index contributed by atoms with van der Waals surface area (Å²) in [5.74, 6) is -2.78. The molecule has 4 aliphatic heterocycles. The second-order valence-corrected chi connectivity index (χ2v) is 8.12. The predicted molar refractivity (Wildman–Crippen MR) is 103 cm³/mol. The second kappa shape index (κ2) is 6.07. The zero-order valence-electron chi connectivity index (χ0n) is 15.8. The number of fused-ring (bicyclic) bond motifs is 5. The molecule has 4 heterocycles. The number of hydrazine groups is 1. The van der Waals surface area contributed by atoms with E-state index >= 15 is 0 Å². The van der Waals surface area contributed by atoms with Crippen molar-refractivity contribution < 1.29 is 19.2 Å². The van der Waals surface area contributed by atoms with Crippen molar-refractivity contribution in [2.75, 3.05) is 0 Å². The molecule has 4 aliphatic rings. The lowest BCUT2D eigenvalue weighted by Crippen LogP contribution is -2.48. The Hall–Kier alpha value is -3.36. The summed E-state index contributed by atoms with van der Waals surface area (Å²) >= 11 is 0. The van der Waals surface area contributed by atoms with Crippen LogP contribution in [0, 0.1) is 11.8 Å². The van der Waals surface area contributed by atoms with Crippen LogP contribution < -0.4 is 10.6 Å². The second-order valence-electron chi connectivity index (χ2n) is 8.12. The number of imide groups is 2. The summed E-state index contributed by atoms with van der Waals surface area (Å²) in [5, 5.41) is 8.57. The minimum atomic E-state index is -0.765. The fourth-order valence-electron chi connectivity index (χ4n) is 5.64. The minimum Gasteiger partial charge on any atom is -0.295 e. The Kier molecular flexibility index (Phi) is 3.54. The lowest BCUT2D eigenvalue weighted by molar-refractivity contribution is -0.139. The van der Waals surface area contributed by atoms with E-state index in [1.54, 1.807) is 0 Å². The highest BCUT2D eigenvalue weighted by Gasteiger charge is 2.71. The van der Waals surface area contributed by atoms with Crippen molar-refractivity contribution in [1.82, 2.24) is 20.7 Å². The van der Waals surface area contributed by atoms with Crippen molar-refractivity contribution in [3.05, 3.63) is 71.8 Å². The first-order valence-corrected chi connectivity index (χ1v) is 9.94. The van der Waals surface area contributed by atoms with E-state index in [9.17, 15) is 19.2 Å². The molecule has 0 aromatic heterocycles. The van der Waals surface area contributed by atoms with Crippen LogP contribution in [0.4, 0.5) is 0 Å². The first kappa shape index (κ1) is 17.5. The molecule has 4 fully saturated rings. The molecule has 0 radical (unpaired) electrons. The number of hydrogen-bond donors (Lipinski definition) is 2. The smallest absolute Gasteiger partial charge is 0.246 e. The molecule has 4 amide bonds. The van der Waals surface area contributed by atoms with Crippen LogP contribution in [-0.2, 0) is 19.2 Å². The Balaban J connectivity index is 1.58. The molecule has 0 saturated carbocycles. The molecule has 6 rings (SSSR count). The molecule has 0 spiro atoms. The van der Waals surface area contributed by atoms with E-state index in [4.69, 9.17) is 0 Å². The van der Waals surface area contributed by atoms with Gasteiger partial charge >= 0.3 is 0 Å². The molecule has 0 aliphatic carbocycles. The van der Waals surface area contributed by atoms with E-state index in [1.807, 2.05) is 70.7 Å². The van der Waals surface area contributed by atoms with Gasteiger partial charge in [-0.1, -0.05) is 60.7 Å². The van der Waals surface area contributed by atoms with Crippen LogP contribution in [0.15, 0.2) is 60.7 Å². The van der Waals surface area contributed by atoms with Crippen LogP contribution in [0.1, 0.15) is 23.2 Å². The van der Waals surface area contributed by atoms with Gasteiger partial charge in [0, 0.05) is 0 Å². The number of amides is 4. The highest BCUT2D eigenvalue weighted by atomic mass is 16.2.